The lowest BCUT2D eigenvalue weighted by Crippen LogP contribution is -2.03. The van der Waals surface area contributed by atoms with Gasteiger partial charge >= 0.3 is 5.97 Å². The Morgan fingerprint density at radius 1 is 1.28 bits per heavy atom. The average Bonchev–Trinajstić information content (AvgIpc) is 2.94. The van der Waals surface area contributed by atoms with Crippen molar-refractivity contribution in [3.8, 4) is 17.3 Å². The number of nitrogens with one attached hydrogen (secondary N) is 1. The van der Waals surface area contributed by atoms with Crippen LogP contribution in [0.25, 0.3) is 22.2 Å². The van der Waals surface area contributed by atoms with Gasteiger partial charge in [-0.3, -0.25) is 4.79 Å². The lowest BCUT2D eigenvalue weighted by molar-refractivity contribution is -0.137. The van der Waals surface area contributed by atoms with E-state index >= 15 is 0 Å². The lowest BCUT2D eigenvalue weighted by Gasteiger charge is -2.12. The number of aromatic nitrogens is 1. The summed E-state index contributed by atoms with van der Waals surface area (Å²) in [6.07, 6.45) is -0.172. The van der Waals surface area contributed by atoms with Gasteiger partial charge in [0.05, 0.1) is 29.3 Å². The summed E-state index contributed by atoms with van der Waals surface area (Å²) in [4.78, 5) is 14.1. The Morgan fingerprint density at radius 3 is 2.56 bits per heavy atom. The summed E-state index contributed by atoms with van der Waals surface area (Å²) in [5.74, 6) is -2.92. The summed E-state index contributed by atoms with van der Waals surface area (Å²) < 4.78 is 27.9. The number of rotatable bonds is 4. The van der Waals surface area contributed by atoms with E-state index < -0.39 is 23.5 Å². The standard InChI is InChI=1S/C19H14F2N2O2/c1-10(6-16(24)25)17-14-7-13(20)8-15(21)19(14)23-18(17)12-4-2-11(9-22)3-5-12/h2-5,7-8,10,23H,6H2,1H3,(H,24,25). The van der Waals surface area contributed by atoms with E-state index in [2.05, 4.69) is 4.98 Å². The van der Waals surface area contributed by atoms with Gasteiger partial charge in [-0.1, -0.05) is 19.1 Å². The van der Waals surface area contributed by atoms with Crippen LogP contribution in [0.4, 0.5) is 8.78 Å². The quantitative estimate of drug-likeness (QED) is 0.731. The fraction of sp³-hybridized carbons (Fsp3) is 0.158. The molecule has 3 aromatic rings. The van der Waals surface area contributed by atoms with Crippen molar-refractivity contribution < 1.29 is 18.7 Å². The molecule has 25 heavy (non-hydrogen) atoms. The highest BCUT2D eigenvalue weighted by atomic mass is 19.1. The van der Waals surface area contributed by atoms with Crippen LogP contribution in [-0.4, -0.2) is 16.1 Å². The molecule has 0 saturated carbocycles. The van der Waals surface area contributed by atoms with Crippen molar-refractivity contribution in [3.63, 3.8) is 0 Å². The number of fused-ring (bicyclic) bond motifs is 1. The van der Waals surface area contributed by atoms with Crippen molar-refractivity contribution in [2.45, 2.75) is 19.3 Å². The van der Waals surface area contributed by atoms with Gasteiger partial charge in [0.1, 0.15) is 11.6 Å². The summed E-state index contributed by atoms with van der Waals surface area (Å²) in [5, 5.41) is 18.3. The molecule has 2 aromatic carbocycles. The van der Waals surface area contributed by atoms with Crippen LogP contribution in [-0.2, 0) is 4.79 Å². The number of carbonyl (C=O) groups is 1. The minimum atomic E-state index is -0.996. The number of nitrogens with zero attached hydrogens (tertiary/aromatic N) is 1. The fourth-order valence-corrected chi connectivity index (χ4v) is 3.06. The third-order valence-electron chi connectivity index (χ3n) is 4.14. The SMILES string of the molecule is CC(CC(=O)O)c1c(-c2ccc(C#N)cc2)[nH]c2c(F)cc(F)cc12. The molecular weight excluding hydrogens is 326 g/mol. The Morgan fingerprint density at radius 2 is 1.96 bits per heavy atom. The summed E-state index contributed by atoms with van der Waals surface area (Å²) in [6, 6.07) is 10.6. The van der Waals surface area contributed by atoms with Crippen molar-refractivity contribution in [2.24, 2.45) is 0 Å². The maximum absolute atomic E-state index is 14.2. The van der Waals surface area contributed by atoms with Crippen molar-refractivity contribution in [2.75, 3.05) is 0 Å². The molecule has 0 saturated heterocycles. The Balaban J connectivity index is 2.27. The monoisotopic (exact) mass is 340 g/mol. The number of hydrogen-bond acceptors (Lipinski definition) is 2. The fourth-order valence-electron chi connectivity index (χ4n) is 3.06. The molecule has 6 heteroatoms. The largest absolute Gasteiger partial charge is 0.481 e. The van der Waals surface area contributed by atoms with Gasteiger partial charge in [0, 0.05) is 11.5 Å². The zero-order valence-corrected chi connectivity index (χ0v) is 13.3. The number of carboxylic acid groups (broad SMARTS) is 1. The zero-order chi connectivity index (χ0) is 18.1. The molecule has 1 heterocycles. The van der Waals surface area contributed by atoms with E-state index in [0.717, 1.165) is 6.07 Å². The van der Waals surface area contributed by atoms with Crippen LogP contribution in [0, 0.1) is 23.0 Å². The van der Waals surface area contributed by atoms with Gasteiger partial charge < -0.3 is 10.1 Å². The lowest BCUT2D eigenvalue weighted by atomic mass is 9.92. The molecule has 0 aliphatic carbocycles. The number of hydrogen-bond donors (Lipinski definition) is 2. The Kier molecular flexibility index (Phi) is 4.24. The number of nitriles is 1. The van der Waals surface area contributed by atoms with Crippen LogP contribution in [0.1, 0.15) is 30.4 Å². The second kappa shape index (κ2) is 6.36. The molecule has 0 spiro atoms. The second-order valence-electron chi connectivity index (χ2n) is 5.91. The predicted octanol–water partition coefficient (Wildman–Crippen LogP) is 4.56. The van der Waals surface area contributed by atoms with Crippen molar-refractivity contribution in [1.82, 2.24) is 4.98 Å². The molecule has 0 bridgehead atoms. The molecule has 1 atom stereocenters. The predicted molar refractivity (Wildman–Crippen MR) is 89.0 cm³/mol. The molecule has 2 N–H and O–H groups in total. The normalized spacial score (nSPS) is 12.1. The molecular formula is C19H14F2N2O2. The highest BCUT2D eigenvalue weighted by Gasteiger charge is 2.22. The van der Waals surface area contributed by atoms with E-state index in [1.165, 1.54) is 6.07 Å². The zero-order valence-electron chi connectivity index (χ0n) is 13.3. The van der Waals surface area contributed by atoms with Gasteiger partial charge in [-0.05, 0) is 35.2 Å². The molecule has 0 fully saturated rings. The number of benzene rings is 2. The second-order valence-corrected chi connectivity index (χ2v) is 5.91. The topological polar surface area (TPSA) is 76.9 Å². The molecule has 1 unspecified atom stereocenters. The number of carboxylic acids is 1. The van der Waals surface area contributed by atoms with Crippen LogP contribution in [0.5, 0.6) is 0 Å². The van der Waals surface area contributed by atoms with E-state index in [1.807, 2.05) is 6.07 Å². The molecule has 0 radical (unpaired) electrons. The number of H-pyrrole nitrogens is 1. The molecule has 3 rings (SSSR count). The Hall–Kier alpha value is -3.20. The summed E-state index contributed by atoms with van der Waals surface area (Å²) in [6.45, 7) is 1.70. The maximum atomic E-state index is 14.2. The highest BCUT2D eigenvalue weighted by molar-refractivity contribution is 5.92. The van der Waals surface area contributed by atoms with Crippen molar-refractivity contribution in [3.05, 3.63) is 59.2 Å². The average molecular weight is 340 g/mol. The van der Waals surface area contributed by atoms with Crippen LogP contribution >= 0.6 is 0 Å². The summed E-state index contributed by atoms with van der Waals surface area (Å²) in [5.41, 5.74) is 2.34. The van der Waals surface area contributed by atoms with E-state index in [1.54, 1.807) is 31.2 Å². The first kappa shape index (κ1) is 16.7. The summed E-state index contributed by atoms with van der Waals surface area (Å²) >= 11 is 0. The van der Waals surface area contributed by atoms with E-state index in [-0.39, 0.29) is 11.9 Å². The van der Waals surface area contributed by atoms with Crippen LogP contribution in [0.2, 0.25) is 0 Å². The van der Waals surface area contributed by atoms with Gasteiger partial charge in [0.15, 0.2) is 0 Å². The minimum absolute atomic E-state index is 0.132. The molecule has 4 nitrogen and oxygen atoms in total. The highest BCUT2D eigenvalue weighted by Crippen LogP contribution is 2.38. The summed E-state index contributed by atoms with van der Waals surface area (Å²) in [7, 11) is 0. The third kappa shape index (κ3) is 3.09. The molecule has 0 aliphatic rings. The van der Waals surface area contributed by atoms with Crippen LogP contribution in [0.3, 0.4) is 0 Å². The minimum Gasteiger partial charge on any atom is -0.481 e. The van der Waals surface area contributed by atoms with Gasteiger partial charge in [-0.2, -0.15) is 5.26 Å². The Labute approximate surface area is 142 Å². The number of aromatic amines is 1. The first-order chi connectivity index (χ1) is 11.9. The number of aliphatic carboxylic acids is 1. The first-order valence-corrected chi connectivity index (χ1v) is 7.63. The molecule has 126 valence electrons. The van der Waals surface area contributed by atoms with E-state index in [9.17, 15) is 13.6 Å². The smallest absolute Gasteiger partial charge is 0.303 e. The van der Waals surface area contributed by atoms with Crippen molar-refractivity contribution >= 4 is 16.9 Å². The van der Waals surface area contributed by atoms with Gasteiger partial charge in [-0.25, -0.2) is 8.78 Å². The first-order valence-electron chi connectivity index (χ1n) is 7.63. The molecule has 0 aliphatic heterocycles. The molecule has 1 aromatic heterocycles. The third-order valence-corrected chi connectivity index (χ3v) is 4.14. The molecule has 0 amide bonds. The maximum Gasteiger partial charge on any atom is 0.303 e. The van der Waals surface area contributed by atoms with E-state index in [4.69, 9.17) is 10.4 Å². The van der Waals surface area contributed by atoms with Crippen LogP contribution in [0.15, 0.2) is 36.4 Å². The van der Waals surface area contributed by atoms with Gasteiger partial charge in [-0.15, -0.1) is 0 Å². The van der Waals surface area contributed by atoms with Crippen molar-refractivity contribution in [1.29, 1.82) is 5.26 Å². The van der Waals surface area contributed by atoms with E-state index in [0.29, 0.717) is 27.8 Å². The Bertz CT molecular complexity index is 1000. The van der Waals surface area contributed by atoms with Gasteiger partial charge in [0.2, 0.25) is 0 Å². The van der Waals surface area contributed by atoms with Crippen LogP contribution < -0.4 is 0 Å². The van der Waals surface area contributed by atoms with Gasteiger partial charge in [0.25, 0.3) is 0 Å². The number of halogens is 2.